The second-order valence-electron chi connectivity index (χ2n) is 3.74. The van der Waals surface area contributed by atoms with Crippen molar-refractivity contribution in [2.45, 2.75) is 23.0 Å². The third-order valence-electron chi connectivity index (χ3n) is 2.57. The molecule has 2 atom stereocenters. The number of rotatable bonds is 2. The van der Waals surface area contributed by atoms with Crippen LogP contribution in [-0.2, 0) is 0 Å². The first-order valence-electron chi connectivity index (χ1n) is 4.89. The molecule has 0 saturated carbocycles. The number of aliphatic hydroxyl groups is 1. The molecular weight excluding hydrogens is 254 g/mol. The van der Waals surface area contributed by atoms with Crippen molar-refractivity contribution in [1.82, 2.24) is 9.55 Å². The highest BCUT2D eigenvalue weighted by Gasteiger charge is 2.50. The highest BCUT2D eigenvalue weighted by Crippen LogP contribution is 2.49. The molecule has 1 aromatic heterocycles. The molecule has 2 N–H and O–H groups in total. The smallest absolute Gasteiger partial charge is 0.329 e. The average molecular weight is 264 g/mol. The van der Waals surface area contributed by atoms with Gasteiger partial charge in [0.15, 0.2) is 0 Å². The molecule has 94 valence electrons. The molecule has 2 heterocycles. The summed E-state index contributed by atoms with van der Waals surface area (Å²) in [5, 5.41) is 6.85. The number of aliphatic hydroxyl groups excluding tert-OH is 1. The molecule has 1 fully saturated rings. The van der Waals surface area contributed by atoms with E-state index in [1.165, 1.54) is 6.20 Å². The Kier molecular flexibility index (Phi) is 3.09. The van der Waals surface area contributed by atoms with Crippen molar-refractivity contribution in [1.29, 1.82) is 0 Å². The van der Waals surface area contributed by atoms with Crippen molar-refractivity contribution in [3.63, 3.8) is 0 Å². The van der Waals surface area contributed by atoms with Gasteiger partial charge < -0.3 is 5.11 Å². The van der Waals surface area contributed by atoms with Crippen LogP contribution >= 0.6 is 11.8 Å². The number of halogens is 2. The fraction of sp³-hybridized carbons (Fsp3) is 0.556. The minimum atomic E-state index is -3.01. The van der Waals surface area contributed by atoms with Gasteiger partial charge in [0.05, 0.1) is 17.2 Å². The number of H-pyrrole nitrogens is 1. The van der Waals surface area contributed by atoms with Crippen LogP contribution in [0, 0.1) is 0 Å². The van der Waals surface area contributed by atoms with Gasteiger partial charge in [0.2, 0.25) is 0 Å². The van der Waals surface area contributed by atoms with E-state index < -0.39 is 40.8 Å². The number of nitrogens with zero attached hydrogens (tertiary/aromatic N) is 1. The number of nitrogens with one attached hydrogen (secondary N) is 1. The molecule has 0 radical (unpaired) electrons. The molecule has 0 bridgehead atoms. The lowest BCUT2D eigenvalue weighted by Crippen LogP contribution is -2.31. The first-order valence-corrected chi connectivity index (χ1v) is 5.84. The molecule has 0 unspecified atom stereocenters. The van der Waals surface area contributed by atoms with Gasteiger partial charge in [0.1, 0.15) is 0 Å². The predicted molar refractivity (Wildman–Crippen MR) is 58.4 cm³/mol. The van der Waals surface area contributed by atoms with Crippen molar-refractivity contribution in [2.24, 2.45) is 0 Å². The largest absolute Gasteiger partial charge is 0.395 e. The highest BCUT2D eigenvalue weighted by atomic mass is 32.2. The summed E-state index contributed by atoms with van der Waals surface area (Å²) in [5.41, 5.74) is -1.29. The number of aromatic nitrogens is 2. The van der Waals surface area contributed by atoms with Crippen LogP contribution in [0.3, 0.4) is 0 Å². The summed E-state index contributed by atoms with van der Waals surface area (Å²) < 4.78 is 27.8. The standard InChI is InChI=1S/C9H10F2N2O3S/c10-9(11)3-7(17-5(9)4-14)13-2-1-6(15)12-8(13)16/h1-2,5,7,14H,3-4H2,(H,12,15,16)/t5-,7-/m1/s1. The Hall–Kier alpha value is -1.15. The summed E-state index contributed by atoms with van der Waals surface area (Å²) in [6.07, 6.45) is 0.656. The molecule has 1 aliphatic heterocycles. The summed E-state index contributed by atoms with van der Waals surface area (Å²) in [4.78, 5) is 24.3. The van der Waals surface area contributed by atoms with Crippen LogP contribution in [-0.4, -0.2) is 32.4 Å². The Balaban J connectivity index is 2.32. The number of alkyl halides is 2. The van der Waals surface area contributed by atoms with E-state index in [0.29, 0.717) is 0 Å². The molecule has 8 heteroatoms. The molecule has 1 saturated heterocycles. The third-order valence-corrected chi connectivity index (χ3v) is 4.10. The summed E-state index contributed by atoms with van der Waals surface area (Å²) in [7, 11) is 0. The zero-order valence-electron chi connectivity index (χ0n) is 8.60. The van der Waals surface area contributed by atoms with E-state index in [9.17, 15) is 18.4 Å². The maximum Gasteiger partial charge on any atom is 0.329 e. The molecule has 0 spiro atoms. The van der Waals surface area contributed by atoms with Gasteiger partial charge in [-0.2, -0.15) is 0 Å². The predicted octanol–water partition coefficient (Wildman–Crippen LogP) is 0.168. The Morgan fingerprint density at radius 2 is 2.29 bits per heavy atom. The number of hydrogen-bond acceptors (Lipinski definition) is 4. The third kappa shape index (κ3) is 2.27. The van der Waals surface area contributed by atoms with Gasteiger partial charge in [0.25, 0.3) is 11.5 Å². The normalized spacial score (nSPS) is 27.2. The lowest BCUT2D eigenvalue weighted by molar-refractivity contribution is -0.0165. The van der Waals surface area contributed by atoms with Gasteiger partial charge in [-0.05, 0) is 0 Å². The zero-order chi connectivity index (χ0) is 12.6. The molecule has 1 aromatic rings. The van der Waals surface area contributed by atoms with Gasteiger partial charge in [-0.1, -0.05) is 0 Å². The Morgan fingerprint density at radius 3 is 2.82 bits per heavy atom. The average Bonchev–Trinajstić information content (AvgIpc) is 2.53. The lowest BCUT2D eigenvalue weighted by Gasteiger charge is -2.13. The topological polar surface area (TPSA) is 75.1 Å². The second kappa shape index (κ2) is 4.26. The first kappa shape index (κ1) is 12.3. The minimum absolute atomic E-state index is 0.533. The van der Waals surface area contributed by atoms with Gasteiger partial charge >= 0.3 is 5.69 Å². The number of thioether (sulfide) groups is 1. The van der Waals surface area contributed by atoms with E-state index >= 15 is 0 Å². The molecule has 17 heavy (non-hydrogen) atoms. The Morgan fingerprint density at radius 1 is 1.59 bits per heavy atom. The fourth-order valence-corrected chi connectivity index (χ4v) is 3.07. The lowest BCUT2D eigenvalue weighted by atomic mass is 10.2. The fourth-order valence-electron chi connectivity index (χ4n) is 1.70. The van der Waals surface area contributed by atoms with Crippen LogP contribution in [0.4, 0.5) is 8.78 Å². The van der Waals surface area contributed by atoms with E-state index in [4.69, 9.17) is 5.11 Å². The molecule has 5 nitrogen and oxygen atoms in total. The van der Waals surface area contributed by atoms with E-state index in [0.717, 1.165) is 22.4 Å². The summed E-state index contributed by atoms with van der Waals surface area (Å²) in [6, 6.07) is 1.10. The van der Waals surface area contributed by atoms with Crippen molar-refractivity contribution in [2.75, 3.05) is 6.61 Å². The summed E-state index contributed by atoms with van der Waals surface area (Å²) >= 11 is 0.832. The van der Waals surface area contributed by atoms with Gasteiger partial charge in [0, 0.05) is 18.7 Å². The van der Waals surface area contributed by atoms with Crippen LogP contribution < -0.4 is 11.2 Å². The zero-order valence-corrected chi connectivity index (χ0v) is 9.42. The van der Waals surface area contributed by atoms with Crippen molar-refractivity contribution in [3.8, 4) is 0 Å². The van der Waals surface area contributed by atoms with Crippen molar-refractivity contribution in [3.05, 3.63) is 33.1 Å². The van der Waals surface area contributed by atoms with E-state index in [-0.39, 0.29) is 0 Å². The molecule has 1 aliphatic rings. The molecule has 0 aromatic carbocycles. The molecular formula is C9H10F2N2O3S. The second-order valence-corrected chi connectivity index (χ2v) is 5.13. The van der Waals surface area contributed by atoms with Crippen LogP contribution in [0.2, 0.25) is 0 Å². The van der Waals surface area contributed by atoms with Crippen LogP contribution in [0.15, 0.2) is 21.9 Å². The maximum absolute atomic E-state index is 13.4. The maximum atomic E-state index is 13.4. The quantitative estimate of drug-likeness (QED) is 0.798. The minimum Gasteiger partial charge on any atom is -0.395 e. The molecule has 0 amide bonds. The van der Waals surface area contributed by atoms with Crippen LogP contribution in [0.25, 0.3) is 0 Å². The molecule has 0 aliphatic carbocycles. The van der Waals surface area contributed by atoms with Gasteiger partial charge in [-0.3, -0.25) is 14.3 Å². The van der Waals surface area contributed by atoms with Crippen LogP contribution in [0.1, 0.15) is 11.8 Å². The summed E-state index contributed by atoms with van der Waals surface area (Å²) in [6.45, 7) is -0.647. The van der Waals surface area contributed by atoms with Crippen molar-refractivity contribution >= 4 is 11.8 Å². The summed E-state index contributed by atoms with van der Waals surface area (Å²) in [5.74, 6) is -3.01. The van der Waals surface area contributed by atoms with Crippen LogP contribution in [0.5, 0.6) is 0 Å². The van der Waals surface area contributed by atoms with E-state index in [1.807, 2.05) is 4.98 Å². The Labute approximate surface area is 98.5 Å². The van der Waals surface area contributed by atoms with Crippen molar-refractivity contribution < 1.29 is 13.9 Å². The highest BCUT2D eigenvalue weighted by molar-refractivity contribution is 8.00. The molecule has 2 rings (SSSR count). The van der Waals surface area contributed by atoms with Gasteiger partial charge in [-0.25, -0.2) is 13.6 Å². The number of aromatic amines is 1. The monoisotopic (exact) mass is 264 g/mol. The first-order chi connectivity index (χ1) is 7.94. The van der Waals surface area contributed by atoms with E-state index in [2.05, 4.69) is 0 Å². The number of hydrogen-bond donors (Lipinski definition) is 2. The SMILES string of the molecule is O=c1ccn([C@H]2CC(F)(F)[C@@H](CO)S2)c(=O)[nH]1. The Bertz CT molecular complexity index is 527. The van der Waals surface area contributed by atoms with E-state index in [1.54, 1.807) is 0 Å². The van der Waals surface area contributed by atoms with Gasteiger partial charge in [-0.15, -0.1) is 11.8 Å².